The summed E-state index contributed by atoms with van der Waals surface area (Å²) in [7, 11) is 0. The lowest BCUT2D eigenvalue weighted by Crippen LogP contribution is -2.40. The predicted octanol–water partition coefficient (Wildman–Crippen LogP) is 1.92. The quantitative estimate of drug-likeness (QED) is 0.758. The molecule has 1 aromatic rings. The minimum absolute atomic E-state index is 0.230. The maximum absolute atomic E-state index is 5.90. The van der Waals surface area contributed by atoms with Crippen LogP contribution >= 0.6 is 0 Å². The summed E-state index contributed by atoms with van der Waals surface area (Å²) in [6.45, 7) is 5.09. The van der Waals surface area contributed by atoms with Crippen LogP contribution in [0.2, 0.25) is 0 Å². The van der Waals surface area contributed by atoms with Crippen molar-refractivity contribution in [3.8, 4) is 0 Å². The fourth-order valence-electron chi connectivity index (χ4n) is 0.882. The summed E-state index contributed by atoms with van der Waals surface area (Å²) in [4.78, 5) is 0. The van der Waals surface area contributed by atoms with E-state index in [9.17, 15) is 0 Å². The monoisotopic (exact) mass is 183 g/mol. The van der Waals surface area contributed by atoms with Crippen molar-refractivity contribution in [2.24, 2.45) is 5.73 Å². The average molecular weight is 183 g/mol. The number of rotatable bonds is 5. The van der Waals surface area contributed by atoms with E-state index < -0.39 is 0 Å². The van der Waals surface area contributed by atoms with Crippen LogP contribution in [-0.4, -0.2) is 12.1 Å². The molecule has 0 aromatic carbocycles. The van der Waals surface area contributed by atoms with Gasteiger partial charge in [0.25, 0.3) is 0 Å². The molecule has 1 atom stereocenters. The van der Waals surface area contributed by atoms with E-state index in [1.54, 1.807) is 6.26 Å². The molecular weight excluding hydrogens is 166 g/mol. The summed E-state index contributed by atoms with van der Waals surface area (Å²) < 4.78 is 10.5. The van der Waals surface area contributed by atoms with Gasteiger partial charge in [0.05, 0.1) is 12.9 Å². The number of nitrogens with two attached hydrogens (primary N) is 1. The zero-order valence-electron chi connectivity index (χ0n) is 8.25. The van der Waals surface area contributed by atoms with Crippen LogP contribution in [0.15, 0.2) is 22.8 Å². The van der Waals surface area contributed by atoms with Crippen molar-refractivity contribution in [3.63, 3.8) is 0 Å². The molecule has 0 amide bonds. The molecule has 0 saturated heterocycles. The Labute approximate surface area is 78.9 Å². The molecule has 0 aliphatic rings. The second-order valence-electron chi connectivity index (χ2n) is 3.58. The normalized spacial score (nSPS) is 15.6. The van der Waals surface area contributed by atoms with Crippen LogP contribution in [-0.2, 0) is 11.3 Å². The highest BCUT2D eigenvalue weighted by atomic mass is 16.5. The summed E-state index contributed by atoms with van der Waals surface area (Å²) in [5.74, 6) is 0.840. The Morgan fingerprint density at radius 3 is 2.92 bits per heavy atom. The predicted molar refractivity (Wildman–Crippen MR) is 51.2 cm³/mol. The molecule has 1 unspecified atom stereocenters. The molecule has 3 heteroatoms. The summed E-state index contributed by atoms with van der Waals surface area (Å²) in [6.07, 6.45) is 2.55. The molecule has 1 rings (SSSR count). The van der Waals surface area contributed by atoms with E-state index in [2.05, 4.69) is 6.92 Å². The lowest BCUT2D eigenvalue weighted by Gasteiger charge is -2.21. The van der Waals surface area contributed by atoms with Gasteiger partial charge in [-0.15, -0.1) is 0 Å². The molecule has 3 nitrogen and oxygen atoms in total. The fourth-order valence-corrected chi connectivity index (χ4v) is 0.882. The van der Waals surface area contributed by atoms with E-state index in [-0.39, 0.29) is 5.54 Å². The van der Waals surface area contributed by atoms with Crippen LogP contribution in [0.25, 0.3) is 0 Å². The molecule has 1 heterocycles. The first-order valence-electron chi connectivity index (χ1n) is 4.53. The van der Waals surface area contributed by atoms with Gasteiger partial charge in [0.15, 0.2) is 0 Å². The Bertz CT molecular complexity index is 229. The van der Waals surface area contributed by atoms with Crippen LogP contribution in [0, 0.1) is 0 Å². The van der Waals surface area contributed by atoms with Gasteiger partial charge in [-0.05, 0) is 25.5 Å². The third kappa shape index (κ3) is 3.61. The van der Waals surface area contributed by atoms with Crippen molar-refractivity contribution in [2.45, 2.75) is 32.4 Å². The number of hydrogen-bond acceptors (Lipinski definition) is 3. The zero-order valence-corrected chi connectivity index (χ0v) is 8.25. The van der Waals surface area contributed by atoms with Crippen molar-refractivity contribution < 1.29 is 9.15 Å². The first kappa shape index (κ1) is 10.3. The molecule has 0 fully saturated rings. The van der Waals surface area contributed by atoms with Gasteiger partial charge >= 0.3 is 0 Å². The Morgan fingerprint density at radius 1 is 1.62 bits per heavy atom. The van der Waals surface area contributed by atoms with Gasteiger partial charge in [0.1, 0.15) is 12.4 Å². The molecule has 0 spiro atoms. The van der Waals surface area contributed by atoms with Gasteiger partial charge in [-0.1, -0.05) is 6.92 Å². The maximum Gasteiger partial charge on any atom is 0.129 e. The Morgan fingerprint density at radius 2 is 2.38 bits per heavy atom. The van der Waals surface area contributed by atoms with Crippen molar-refractivity contribution in [2.75, 3.05) is 6.61 Å². The summed E-state index contributed by atoms with van der Waals surface area (Å²) in [6, 6.07) is 3.74. The topological polar surface area (TPSA) is 48.4 Å². The zero-order chi connectivity index (χ0) is 9.73. The second kappa shape index (κ2) is 4.44. The highest BCUT2D eigenvalue weighted by Crippen LogP contribution is 2.08. The molecule has 0 aliphatic carbocycles. The van der Waals surface area contributed by atoms with E-state index in [4.69, 9.17) is 14.9 Å². The SMILES string of the molecule is CCC(C)(N)COCc1ccco1. The van der Waals surface area contributed by atoms with Gasteiger partial charge in [-0.2, -0.15) is 0 Å². The smallest absolute Gasteiger partial charge is 0.129 e. The van der Waals surface area contributed by atoms with Crippen molar-refractivity contribution in [1.82, 2.24) is 0 Å². The van der Waals surface area contributed by atoms with Crippen LogP contribution in [0.3, 0.4) is 0 Å². The highest BCUT2D eigenvalue weighted by Gasteiger charge is 2.15. The molecule has 0 bridgehead atoms. The lowest BCUT2D eigenvalue weighted by atomic mass is 10.0. The van der Waals surface area contributed by atoms with E-state index in [1.807, 2.05) is 19.1 Å². The van der Waals surface area contributed by atoms with E-state index in [0.29, 0.717) is 13.2 Å². The molecular formula is C10H17NO2. The second-order valence-corrected chi connectivity index (χ2v) is 3.58. The largest absolute Gasteiger partial charge is 0.467 e. The van der Waals surface area contributed by atoms with E-state index in [1.165, 1.54) is 0 Å². The Kier molecular flexibility index (Phi) is 3.51. The van der Waals surface area contributed by atoms with E-state index in [0.717, 1.165) is 12.2 Å². The molecule has 0 saturated carbocycles. The fraction of sp³-hybridized carbons (Fsp3) is 0.600. The van der Waals surface area contributed by atoms with E-state index >= 15 is 0 Å². The number of hydrogen-bond donors (Lipinski definition) is 1. The molecule has 74 valence electrons. The van der Waals surface area contributed by atoms with Crippen molar-refractivity contribution >= 4 is 0 Å². The average Bonchev–Trinajstić information content (AvgIpc) is 2.57. The first-order valence-corrected chi connectivity index (χ1v) is 4.53. The lowest BCUT2D eigenvalue weighted by molar-refractivity contribution is 0.0671. The third-order valence-electron chi connectivity index (χ3n) is 2.06. The van der Waals surface area contributed by atoms with Gasteiger partial charge in [0, 0.05) is 5.54 Å². The van der Waals surface area contributed by atoms with Gasteiger partial charge in [-0.3, -0.25) is 0 Å². The summed E-state index contributed by atoms with van der Waals surface area (Å²) >= 11 is 0. The standard InChI is InChI=1S/C10H17NO2/c1-3-10(2,11)8-12-7-9-5-4-6-13-9/h4-6H,3,7-8,11H2,1-2H3. The Balaban J connectivity index is 2.21. The third-order valence-corrected chi connectivity index (χ3v) is 2.06. The van der Waals surface area contributed by atoms with Crippen molar-refractivity contribution in [3.05, 3.63) is 24.2 Å². The van der Waals surface area contributed by atoms with Crippen LogP contribution in [0.4, 0.5) is 0 Å². The molecule has 0 radical (unpaired) electrons. The summed E-state index contributed by atoms with van der Waals surface area (Å²) in [5.41, 5.74) is 5.67. The summed E-state index contributed by atoms with van der Waals surface area (Å²) in [5, 5.41) is 0. The van der Waals surface area contributed by atoms with Gasteiger partial charge in [-0.25, -0.2) is 0 Å². The maximum atomic E-state index is 5.90. The Hall–Kier alpha value is -0.800. The molecule has 0 aliphatic heterocycles. The number of furan rings is 1. The number of ether oxygens (including phenoxy) is 1. The first-order chi connectivity index (χ1) is 6.14. The van der Waals surface area contributed by atoms with Crippen molar-refractivity contribution in [1.29, 1.82) is 0 Å². The molecule has 13 heavy (non-hydrogen) atoms. The van der Waals surface area contributed by atoms with Crippen LogP contribution < -0.4 is 5.73 Å². The minimum Gasteiger partial charge on any atom is -0.467 e. The molecule has 2 N–H and O–H groups in total. The van der Waals surface area contributed by atoms with Crippen LogP contribution in [0.1, 0.15) is 26.0 Å². The van der Waals surface area contributed by atoms with Crippen LogP contribution in [0.5, 0.6) is 0 Å². The molecule has 1 aromatic heterocycles. The minimum atomic E-state index is -0.230. The highest BCUT2D eigenvalue weighted by molar-refractivity contribution is 4.96. The van der Waals surface area contributed by atoms with Gasteiger partial charge < -0.3 is 14.9 Å². The van der Waals surface area contributed by atoms with Gasteiger partial charge in [0.2, 0.25) is 0 Å².